The van der Waals surface area contributed by atoms with Crippen LogP contribution < -0.4 is 4.90 Å². The monoisotopic (exact) mass is 453 g/mol. The topological polar surface area (TPSA) is 97.6 Å². The first-order chi connectivity index (χ1) is 15.6. The highest BCUT2D eigenvalue weighted by molar-refractivity contribution is 6.21. The van der Waals surface area contributed by atoms with Gasteiger partial charge < -0.3 is 9.47 Å². The SMILES string of the molecule is CCOC(=O)CN1C(=O)C(N=C=O)(OC(C)(C)C)N=C(c2ccccc2F)c2ccccc21. The fourth-order valence-electron chi connectivity index (χ4n) is 3.46. The maximum Gasteiger partial charge on any atom is 0.351 e. The summed E-state index contributed by atoms with van der Waals surface area (Å²) in [6.45, 7) is 6.19. The third-order valence-corrected chi connectivity index (χ3v) is 4.60. The zero-order valence-corrected chi connectivity index (χ0v) is 18.8. The first kappa shape index (κ1) is 24.0. The Morgan fingerprint density at radius 3 is 2.39 bits per heavy atom. The number of hydrogen-bond acceptors (Lipinski definition) is 7. The van der Waals surface area contributed by atoms with Gasteiger partial charge in [0.15, 0.2) is 0 Å². The van der Waals surface area contributed by atoms with Crippen molar-refractivity contribution in [1.82, 2.24) is 0 Å². The number of nitrogens with zero attached hydrogens (tertiary/aromatic N) is 3. The molecule has 0 N–H and O–H groups in total. The van der Waals surface area contributed by atoms with Gasteiger partial charge in [-0.15, -0.1) is 4.99 Å². The van der Waals surface area contributed by atoms with Gasteiger partial charge in [-0.3, -0.25) is 14.5 Å². The largest absolute Gasteiger partial charge is 0.465 e. The second-order valence-electron chi connectivity index (χ2n) is 8.18. The van der Waals surface area contributed by atoms with E-state index in [1.54, 1.807) is 58.0 Å². The lowest BCUT2D eigenvalue weighted by molar-refractivity contribution is -0.162. The maximum absolute atomic E-state index is 14.9. The molecule has 0 fully saturated rings. The Morgan fingerprint density at radius 1 is 1.15 bits per heavy atom. The molecule has 0 spiro atoms. The summed E-state index contributed by atoms with van der Waals surface area (Å²) in [6.07, 6.45) is 1.36. The fourth-order valence-corrected chi connectivity index (χ4v) is 3.46. The Bertz CT molecular complexity index is 1150. The lowest BCUT2D eigenvalue weighted by Gasteiger charge is -2.33. The molecule has 0 aromatic heterocycles. The zero-order valence-electron chi connectivity index (χ0n) is 18.8. The molecule has 1 unspecified atom stereocenters. The predicted octanol–water partition coefficient (Wildman–Crippen LogP) is 3.38. The lowest BCUT2D eigenvalue weighted by Crippen LogP contribution is -2.52. The van der Waals surface area contributed by atoms with Crippen LogP contribution in [0.25, 0.3) is 0 Å². The predicted molar refractivity (Wildman–Crippen MR) is 119 cm³/mol. The first-order valence-electron chi connectivity index (χ1n) is 10.3. The van der Waals surface area contributed by atoms with E-state index < -0.39 is 35.7 Å². The number of para-hydroxylation sites is 1. The molecule has 1 atom stereocenters. The highest BCUT2D eigenvalue weighted by Gasteiger charge is 2.50. The smallest absolute Gasteiger partial charge is 0.351 e. The molecule has 1 aliphatic rings. The van der Waals surface area contributed by atoms with Crippen LogP contribution in [0.15, 0.2) is 58.5 Å². The lowest BCUT2D eigenvalue weighted by atomic mass is 9.99. The molecule has 9 heteroatoms. The highest BCUT2D eigenvalue weighted by atomic mass is 19.1. The van der Waals surface area contributed by atoms with Crippen molar-refractivity contribution in [3.63, 3.8) is 0 Å². The molecule has 172 valence electrons. The average Bonchev–Trinajstić information content (AvgIpc) is 2.83. The number of aliphatic imine (C=N–C) groups is 2. The van der Waals surface area contributed by atoms with E-state index in [9.17, 15) is 18.8 Å². The van der Waals surface area contributed by atoms with Gasteiger partial charge in [0, 0.05) is 11.1 Å². The molecule has 8 nitrogen and oxygen atoms in total. The number of esters is 1. The number of hydrogen-bond donors (Lipinski definition) is 0. The van der Waals surface area contributed by atoms with Crippen molar-refractivity contribution in [1.29, 1.82) is 0 Å². The van der Waals surface area contributed by atoms with Crippen LogP contribution in [0.1, 0.15) is 38.8 Å². The second kappa shape index (κ2) is 9.44. The van der Waals surface area contributed by atoms with Crippen LogP contribution in [0, 0.1) is 5.82 Å². The molecule has 0 saturated heterocycles. The number of isocyanates is 1. The summed E-state index contributed by atoms with van der Waals surface area (Å²) in [5, 5.41) is 0. The Kier molecular flexibility index (Phi) is 6.86. The molecule has 0 bridgehead atoms. The van der Waals surface area contributed by atoms with Gasteiger partial charge in [0.1, 0.15) is 12.4 Å². The maximum atomic E-state index is 14.9. The molecule has 3 rings (SSSR count). The molecule has 2 aromatic rings. The van der Waals surface area contributed by atoms with Gasteiger partial charge in [-0.1, -0.05) is 30.3 Å². The van der Waals surface area contributed by atoms with E-state index in [1.807, 2.05) is 0 Å². The summed E-state index contributed by atoms with van der Waals surface area (Å²) in [5.74, 6) is -4.64. The Labute approximate surface area is 190 Å². The second-order valence-corrected chi connectivity index (χ2v) is 8.18. The van der Waals surface area contributed by atoms with Gasteiger partial charge in [-0.2, -0.15) is 0 Å². The molecule has 1 aliphatic heterocycles. The molecule has 1 heterocycles. The van der Waals surface area contributed by atoms with Crippen molar-refractivity contribution in [2.75, 3.05) is 18.1 Å². The van der Waals surface area contributed by atoms with Crippen molar-refractivity contribution in [2.24, 2.45) is 9.98 Å². The van der Waals surface area contributed by atoms with E-state index in [0.29, 0.717) is 5.56 Å². The van der Waals surface area contributed by atoms with Gasteiger partial charge in [0.25, 0.3) is 0 Å². The van der Waals surface area contributed by atoms with Crippen molar-refractivity contribution < 1.29 is 28.2 Å². The van der Waals surface area contributed by atoms with Crippen LogP contribution >= 0.6 is 0 Å². The minimum absolute atomic E-state index is 0.0339. The van der Waals surface area contributed by atoms with Crippen LogP contribution in [-0.4, -0.2) is 48.3 Å². The van der Waals surface area contributed by atoms with Crippen molar-refractivity contribution >= 4 is 29.4 Å². The zero-order chi connectivity index (χ0) is 24.2. The summed E-state index contributed by atoms with van der Waals surface area (Å²) in [5.41, 5.74) is -0.296. The third-order valence-electron chi connectivity index (χ3n) is 4.60. The first-order valence-corrected chi connectivity index (χ1v) is 10.3. The van der Waals surface area contributed by atoms with Gasteiger partial charge in [0.2, 0.25) is 6.08 Å². The number of anilines is 1. The number of amides is 1. The molecule has 0 radical (unpaired) electrons. The van der Waals surface area contributed by atoms with E-state index in [2.05, 4.69) is 9.98 Å². The number of rotatable bonds is 6. The standard InChI is InChI=1S/C24H24FN3O5/c1-5-32-20(30)14-28-19-13-9-7-11-17(19)21(16-10-6-8-12-18(16)25)27-24(22(28)31,26-15-29)33-23(2,3)4/h6-13H,5,14H2,1-4H3. The van der Waals surface area contributed by atoms with E-state index in [1.165, 1.54) is 24.3 Å². The Balaban J connectivity index is 2.37. The molecule has 0 aliphatic carbocycles. The molecule has 1 amide bonds. The van der Waals surface area contributed by atoms with Crippen molar-refractivity contribution in [2.45, 2.75) is 39.1 Å². The Morgan fingerprint density at radius 2 is 1.79 bits per heavy atom. The fraction of sp³-hybridized carbons (Fsp3) is 0.333. The van der Waals surface area contributed by atoms with E-state index in [0.717, 1.165) is 4.90 Å². The van der Waals surface area contributed by atoms with Crippen LogP contribution in [0.3, 0.4) is 0 Å². The summed E-state index contributed by atoms with van der Waals surface area (Å²) in [4.78, 5) is 46.8. The van der Waals surface area contributed by atoms with E-state index in [4.69, 9.17) is 9.47 Å². The van der Waals surface area contributed by atoms with Gasteiger partial charge in [-0.05, 0) is 45.9 Å². The minimum Gasteiger partial charge on any atom is -0.465 e. The number of benzodiazepines with no additional fused rings is 1. The summed E-state index contributed by atoms with van der Waals surface area (Å²) in [6, 6.07) is 12.4. The third kappa shape index (κ3) is 5.05. The summed E-state index contributed by atoms with van der Waals surface area (Å²) < 4.78 is 25.8. The number of halogens is 1. The van der Waals surface area contributed by atoms with E-state index >= 15 is 0 Å². The quantitative estimate of drug-likeness (QED) is 0.379. The normalized spacial score (nSPS) is 18.0. The molecule has 33 heavy (non-hydrogen) atoms. The van der Waals surface area contributed by atoms with Crippen LogP contribution in [0.4, 0.5) is 10.1 Å². The number of carbonyl (C=O) groups excluding carboxylic acids is 3. The van der Waals surface area contributed by atoms with Gasteiger partial charge in [-0.25, -0.2) is 14.2 Å². The van der Waals surface area contributed by atoms with Crippen LogP contribution in [-0.2, 0) is 23.9 Å². The Hall–Kier alpha value is -3.68. The number of fused-ring (bicyclic) bond motifs is 1. The van der Waals surface area contributed by atoms with Crippen LogP contribution in [0.5, 0.6) is 0 Å². The summed E-state index contributed by atoms with van der Waals surface area (Å²) in [7, 11) is 0. The van der Waals surface area contributed by atoms with Crippen LogP contribution in [0.2, 0.25) is 0 Å². The average molecular weight is 453 g/mol. The molecular formula is C24H24FN3O5. The molecule has 2 aromatic carbocycles. The van der Waals surface area contributed by atoms with Gasteiger partial charge >= 0.3 is 17.7 Å². The minimum atomic E-state index is -2.44. The number of benzene rings is 2. The summed E-state index contributed by atoms with van der Waals surface area (Å²) >= 11 is 0. The van der Waals surface area contributed by atoms with Crippen molar-refractivity contribution in [3.05, 3.63) is 65.5 Å². The number of carbonyl (C=O) groups is 2. The van der Waals surface area contributed by atoms with Gasteiger partial charge in [0.05, 0.1) is 23.6 Å². The number of ether oxygens (including phenoxy) is 2. The van der Waals surface area contributed by atoms with E-state index in [-0.39, 0.29) is 23.6 Å². The van der Waals surface area contributed by atoms with Crippen molar-refractivity contribution in [3.8, 4) is 0 Å². The highest BCUT2D eigenvalue weighted by Crippen LogP contribution is 2.36. The molecule has 0 saturated carbocycles. The molecular weight excluding hydrogens is 429 g/mol.